The minimum atomic E-state index is -0.490. The lowest BCUT2D eigenvalue weighted by Gasteiger charge is -2.13. The molecule has 116 valence electrons. The number of halogens is 1. The summed E-state index contributed by atoms with van der Waals surface area (Å²) in [7, 11) is 0. The van der Waals surface area contributed by atoms with Gasteiger partial charge in [0.15, 0.2) is 22.5 Å². The van der Waals surface area contributed by atoms with Crippen LogP contribution in [0.3, 0.4) is 0 Å². The summed E-state index contributed by atoms with van der Waals surface area (Å²) < 4.78 is 0. The van der Waals surface area contributed by atoms with Crippen LogP contribution in [0.4, 0.5) is 11.6 Å². The molecule has 0 fully saturated rings. The van der Waals surface area contributed by atoms with E-state index >= 15 is 0 Å². The van der Waals surface area contributed by atoms with Gasteiger partial charge in [-0.1, -0.05) is 41.9 Å². The van der Waals surface area contributed by atoms with Gasteiger partial charge in [-0.2, -0.15) is 0 Å². The maximum Gasteiger partial charge on any atom is 0.273 e. The van der Waals surface area contributed by atoms with Crippen molar-refractivity contribution in [2.24, 2.45) is 5.73 Å². The number of hydrogen-bond donors (Lipinski definition) is 4. The summed E-state index contributed by atoms with van der Waals surface area (Å²) >= 11 is 5.74. The van der Waals surface area contributed by atoms with E-state index in [2.05, 4.69) is 15.3 Å². The lowest BCUT2D eigenvalue weighted by atomic mass is 10.1. The van der Waals surface area contributed by atoms with Crippen LogP contribution in [0.25, 0.3) is 0 Å². The highest BCUT2D eigenvalue weighted by atomic mass is 35.5. The lowest BCUT2D eigenvalue weighted by molar-refractivity contribution is 0.0947. The molecule has 1 aromatic heterocycles. The molecular formula is C14H17ClN6O. The van der Waals surface area contributed by atoms with Crippen molar-refractivity contribution in [2.45, 2.75) is 12.5 Å². The number of carbonyl (C=O) groups excluding carboxylic acids is 1. The topological polar surface area (TPSA) is 133 Å². The highest BCUT2D eigenvalue weighted by molar-refractivity contribution is 6.31. The van der Waals surface area contributed by atoms with Gasteiger partial charge in [-0.25, -0.2) is 9.97 Å². The van der Waals surface area contributed by atoms with Crippen molar-refractivity contribution in [1.82, 2.24) is 15.3 Å². The number of aromatic nitrogens is 2. The molecule has 1 amide bonds. The maximum atomic E-state index is 12.0. The molecule has 1 atom stereocenters. The molecule has 0 saturated heterocycles. The van der Waals surface area contributed by atoms with Gasteiger partial charge in [-0.3, -0.25) is 4.79 Å². The van der Waals surface area contributed by atoms with E-state index in [0.29, 0.717) is 6.42 Å². The summed E-state index contributed by atoms with van der Waals surface area (Å²) in [4.78, 5) is 19.6. The van der Waals surface area contributed by atoms with Gasteiger partial charge in [-0.15, -0.1) is 0 Å². The van der Waals surface area contributed by atoms with E-state index in [-0.39, 0.29) is 35.1 Å². The minimum absolute atomic E-state index is 0.0171. The van der Waals surface area contributed by atoms with Gasteiger partial charge in [0.05, 0.1) is 0 Å². The predicted molar refractivity (Wildman–Crippen MR) is 86.3 cm³/mol. The lowest BCUT2D eigenvalue weighted by Crippen LogP contribution is -2.39. The first-order valence-corrected chi connectivity index (χ1v) is 7.01. The summed E-state index contributed by atoms with van der Waals surface area (Å²) in [5.41, 5.74) is 18.1. The van der Waals surface area contributed by atoms with Crippen molar-refractivity contribution in [3.63, 3.8) is 0 Å². The first kappa shape index (κ1) is 16.0. The molecule has 2 aromatic rings. The second kappa shape index (κ2) is 7.06. The summed E-state index contributed by atoms with van der Waals surface area (Å²) in [6.45, 7) is 0.275. The molecule has 0 aliphatic heterocycles. The molecule has 0 saturated carbocycles. The minimum Gasteiger partial charge on any atom is -0.382 e. The van der Waals surface area contributed by atoms with Crippen LogP contribution in [-0.4, -0.2) is 28.5 Å². The molecule has 1 aromatic carbocycles. The van der Waals surface area contributed by atoms with Crippen molar-refractivity contribution in [1.29, 1.82) is 0 Å². The van der Waals surface area contributed by atoms with Gasteiger partial charge in [0, 0.05) is 12.6 Å². The van der Waals surface area contributed by atoms with Gasteiger partial charge < -0.3 is 22.5 Å². The molecule has 8 heteroatoms. The number of benzene rings is 1. The van der Waals surface area contributed by atoms with Crippen LogP contribution < -0.4 is 22.5 Å². The SMILES string of the molecule is Nc1nc(N)c(C(=O)NCC(N)Cc2ccccc2)nc1Cl. The second-order valence-electron chi connectivity index (χ2n) is 4.79. The van der Waals surface area contributed by atoms with Gasteiger partial charge in [0.25, 0.3) is 5.91 Å². The van der Waals surface area contributed by atoms with Gasteiger partial charge >= 0.3 is 0 Å². The van der Waals surface area contributed by atoms with Gasteiger partial charge in [0.2, 0.25) is 0 Å². The number of carbonyl (C=O) groups is 1. The Morgan fingerprint density at radius 3 is 2.55 bits per heavy atom. The fraction of sp³-hybridized carbons (Fsp3) is 0.214. The number of nitrogens with two attached hydrogens (primary N) is 3. The van der Waals surface area contributed by atoms with Crippen LogP contribution in [0.1, 0.15) is 16.1 Å². The third-order valence-electron chi connectivity index (χ3n) is 2.99. The Bertz CT molecular complexity index is 664. The molecule has 22 heavy (non-hydrogen) atoms. The molecule has 2 rings (SSSR count). The molecule has 0 aliphatic rings. The molecule has 7 nitrogen and oxygen atoms in total. The standard InChI is InChI=1S/C14H17ClN6O/c15-11-13(18)21-12(17)10(20-11)14(22)19-7-9(16)6-8-4-2-1-3-5-8/h1-5,9H,6-7,16H2,(H,19,22)(H4,17,18,21). The largest absolute Gasteiger partial charge is 0.382 e. The number of amides is 1. The third kappa shape index (κ3) is 4.06. The van der Waals surface area contributed by atoms with Crippen molar-refractivity contribution in [3.05, 3.63) is 46.7 Å². The molecule has 7 N–H and O–H groups in total. The Hall–Kier alpha value is -2.38. The summed E-state index contributed by atoms with van der Waals surface area (Å²) in [6.07, 6.45) is 0.644. The number of anilines is 2. The van der Waals surface area contributed by atoms with Crippen molar-refractivity contribution in [3.8, 4) is 0 Å². The van der Waals surface area contributed by atoms with Crippen LogP contribution in [-0.2, 0) is 6.42 Å². The molecule has 0 radical (unpaired) electrons. The van der Waals surface area contributed by atoms with Gasteiger partial charge in [-0.05, 0) is 12.0 Å². The highest BCUT2D eigenvalue weighted by Gasteiger charge is 2.16. The zero-order valence-electron chi connectivity index (χ0n) is 11.8. The van der Waals surface area contributed by atoms with Crippen LogP contribution in [0.2, 0.25) is 5.15 Å². The fourth-order valence-electron chi connectivity index (χ4n) is 1.91. The maximum absolute atomic E-state index is 12.0. The van der Waals surface area contributed by atoms with E-state index in [1.54, 1.807) is 0 Å². The number of nitrogens with zero attached hydrogens (tertiary/aromatic N) is 2. The number of nitrogens with one attached hydrogen (secondary N) is 1. The summed E-state index contributed by atoms with van der Waals surface area (Å²) in [5.74, 6) is -0.581. The zero-order valence-corrected chi connectivity index (χ0v) is 12.5. The molecule has 0 bridgehead atoms. The Kier molecular flexibility index (Phi) is 5.13. The average Bonchev–Trinajstić information content (AvgIpc) is 2.49. The Labute approximate surface area is 132 Å². The van der Waals surface area contributed by atoms with E-state index in [0.717, 1.165) is 5.56 Å². The van der Waals surface area contributed by atoms with E-state index in [1.807, 2.05) is 30.3 Å². The first-order valence-electron chi connectivity index (χ1n) is 6.63. The van der Waals surface area contributed by atoms with Gasteiger partial charge in [0.1, 0.15) is 0 Å². The third-order valence-corrected chi connectivity index (χ3v) is 3.26. The summed E-state index contributed by atoms with van der Waals surface area (Å²) in [6, 6.07) is 9.53. The van der Waals surface area contributed by atoms with Crippen LogP contribution in [0.5, 0.6) is 0 Å². The second-order valence-corrected chi connectivity index (χ2v) is 5.15. The Morgan fingerprint density at radius 2 is 1.86 bits per heavy atom. The summed E-state index contributed by atoms with van der Waals surface area (Å²) in [5, 5.41) is 2.60. The normalized spacial score (nSPS) is 11.9. The monoisotopic (exact) mass is 320 g/mol. The predicted octanol–water partition coefficient (Wildman–Crippen LogP) is 0.594. The first-order chi connectivity index (χ1) is 10.5. The number of rotatable bonds is 5. The van der Waals surface area contributed by atoms with Crippen LogP contribution in [0, 0.1) is 0 Å². The average molecular weight is 321 g/mol. The smallest absolute Gasteiger partial charge is 0.273 e. The number of nitrogen functional groups attached to an aromatic ring is 2. The van der Waals surface area contributed by atoms with Crippen molar-refractivity contribution >= 4 is 29.1 Å². The Morgan fingerprint density at radius 1 is 1.18 bits per heavy atom. The van der Waals surface area contributed by atoms with Crippen molar-refractivity contribution in [2.75, 3.05) is 18.0 Å². The molecule has 1 unspecified atom stereocenters. The Balaban J connectivity index is 1.94. The quantitative estimate of drug-likeness (QED) is 0.637. The molecule has 0 aliphatic carbocycles. The molecule has 1 heterocycles. The van der Waals surface area contributed by atoms with E-state index in [4.69, 9.17) is 28.8 Å². The molecule has 0 spiro atoms. The molecular weight excluding hydrogens is 304 g/mol. The number of hydrogen-bond acceptors (Lipinski definition) is 6. The van der Waals surface area contributed by atoms with E-state index < -0.39 is 5.91 Å². The highest BCUT2D eigenvalue weighted by Crippen LogP contribution is 2.17. The zero-order chi connectivity index (χ0) is 16.1. The van der Waals surface area contributed by atoms with Crippen LogP contribution >= 0.6 is 11.6 Å². The van der Waals surface area contributed by atoms with Crippen molar-refractivity contribution < 1.29 is 4.79 Å². The van der Waals surface area contributed by atoms with Crippen LogP contribution in [0.15, 0.2) is 30.3 Å². The fourth-order valence-corrected chi connectivity index (χ4v) is 2.03. The van der Waals surface area contributed by atoms with E-state index in [1.165, 1.54) is 0 Å². The van der Waals surface area contributed by atoms with E-state index in [9.17, 15) is 4.79 Å².